The Labute approximate surface area is 148 Å². The van der Waals surface area contributed by atoms with E-state index in [1.165, 1.54) is 6.39 Å². The van der Waals surface area contributed by atoms with Gasteiger partial charge in [-0.1, -0.05) is 13.8 Å². The number of carbonyl (C=O) groups is 1. The third-order valence-electron chi connectivity index (χ3n) is 5.20. The van der Waals surface area contributed by atoms with Crippen LogP contribution in [0, 0.1) is 5.92 Å². The molecule has 0 aliphatic carbocycles. The molecule has 0 radical (unpaired) electrons. The van der Waals surface area contributed by atoms with Gasteiger partial charge in [0.2, 0.25) is 5.91 Å². The molecule has 1 atom stereocenters. The maximum atomic E-state index is 15.0. The van der Waals surface area contributed by atoms with Crippen molar-refractivity contribution in [3.05, 3.63) is 17.8 Å². The van der Waals surface area contributed by atoms with Crippen molar-refractivity contribution in [3.63, 3.8) is 0 Å². The Morgan fingerprint density at radius 1 is 1.48 bits per heavy atom. The van der Waals surface area contributed by atoms with Crippen molar-refractivity contribution in [1.82, 2.24) is 15.2 Å². The molecule has 3 rings (SSSR count). The van der Waals surface area contributed by atoms with E-state index in [9.17, 15) is 9.18 Å². The number of ether oxygens (including phenoxy) is 1. The number of nitrogens with zero attached hydrogens (tertiary/aromatic N) is 2. The van der Waals surface area contributed by atoms with Gasteiger partial charge in [-0.3, -0.25) is 9.69 Å². The van der Waals surface area contributed by atoms with E-state index in [1.54, 1.807) is 0 Å². The summed E-state index contributed by atoms with van der Waals surface area (Å²) in [5.41, 5.74) is -0.382. The van der Waals surface area contributed by atoms with E-state index in [0.717, 1.165) is 17.9 Å². The molecule has 2 fully saturated rings. The molecule has 2 saturated heterocycles. The molecule has 0 bridgehead atoms. The Kier molecular flexibility index (Phi) is 5.74. The van der Waals surface area contributed by atoms with E-state index in [0.29, 0.717) is 45.7 Å². The van der Waals surface area contributed by atoms with E-state index in [4.69, 9.17) is 9.15 Å². The van der Waals surface area contributed by atoms with E-state index < -0.39 is 5.67 Å². The first-order valence-electron chi connectivity index (χ1n) is 9.16. The molecule has 0 spiro atoms. The highest BCUT2D eigenvalue weighted by atomic mass is 19.1. The smallest absolute Gasteiger partial charge is 0.225 e. The predicted molar refractivity (Wildman–Crippen MR) is 90.9 cm³/mol. The van der Waals surface area contributed by atoms with Crippen LogP contribution in [0.1, 0.15) is 50.5 Å². The highest BCUT2D eigenvalue weighted by Crippen LogP contribution is 2.28. The number of oxazole rings is 1. The number of halogens is 1. The summed E-state index contributed by atoms with van der Waals surface area (Å²) in [5, 5.41) is 2.78. The van der Waals surface area contributed by atoms with Crippen LogP contribution in [0.4, 0.5) is 4.39 Å². The minimum Gasteiger partial charge on any atom is -0.448 e. The first-order valence-corrected chi connectivity index (χ1v) is 9.16. The lowest BCUT2D eigenvalue weighted by molar-refractivity contribution is -0.125. The summed E-state index contributed by atoms with van der Waals surface area (Å²) >= 11 is 0. The van der Waals surface area contributed by atoms with Crippen molar-refractivity contribution in [2.75, 3.05) is 32.8 Å². The first kappa shape index (κ1) is 18.3. The highest BCUT2D eigenvalue weighted by Gasteiger charge is 2.36. The summed E-state index contributed by atoms with van der Waals surface area (Å²) in [6.45, 7) is 7.31. The Balaban J connectivity index is 1.45. The minimum atomic E-state index is -1.32. The second kappa shape index (κ2) is 7.83. The van der Waals surface area contributed by atoms with Gasteiger partial charge in [-0.15, -0.1) is 0 Å². The Morgan fingerprint density at radius 2 is 2.24 bits per heavy atom. The van der Waals surface area contributed by atoms with Crippen molar-refractivity contribution in [3.8, 4) is 0 Å². The summed E-state index contributed by atoms with van der Waals surface area (Å²) in [6.07, 6.45) is 3.05. The molecular weight excluding hydrogens is 325 g/mol. The molecule has 0 aromatic carbocycles. The number of hydrogen-bond acceptors (Lipinski definition) is 5. The summed E-state index contributed by atoms with van der Waals surface area (Å²) in [5.74, 6) is 0.993. The van der Waals surface area contributed by atoms with Crippen LogP contribution in [-0.4, -0.2) is 54.3 Å². The number of hydrogen-bond donors (Lipinski definition) is 1. The lowest BCUT2D eigenvalue weighted by Gasteiger charge is -2.36. The monoisotopic (exact) mass is 353 g/mol. The number of nitrogens with one attached hydrogen (secondary N) is 1. The quantitative estimate of drug-likeness (QED) is 0.850. The number of carbonyl (C=O) groups excluding carboxylic acids is 1. The highest BCUT2D eigenvalue weighted by molar-refractivity contribution is 5.79. The zero-order valence-corrected chi connectivity index (χ0v) is 15.1. The maximum Gasteiger partial charge on any atom is 0.225 e. The van der Waals surface area contributed by atoms with Crippen molar-refractivity contribution >= 4 is 5.91 Å². The molecule has 140 valence electrons. The van der Waals surface area contributed by atoms with Crippen molar-refractivity contribution < 1.29 is 18.3 Å². The normalized spacial score (nSPS) is 23.9. The van der Waals surface area contributed by atoms with Gasteiger partial charge in [-0.25, -0.2) is 9.37 Å². The van der Waals surface area contributed by atoms with Gasteiger partial charge in [0.05, 0.1) is 24.8 Å². The second-order valence-electron chi connectivity index (χ2n) is 7.52. The number of rotatable bonds is 6. The predicted octanol–water partition coefficient (Wildman–Crippen LogP) is 2.25. The first-order chi connectivity index (χ1) is 12.0. The lowest BCUT2D eigenvalue weighted by Crippen LogP contribution is -2.49. The zero-order valence-electron chi connectivity index (χ0n) is 15.1. The second-order valence-corrected chi connectivity index (χ2v) is 7.52. The van der Waals surface area contributed by atoms with Gasteiger partial charge in [-0.2, -0.15) is 0 Å². The van der Waals surface area contributed by atoms with Gasteiger partial charge in [0, 0.05) is 32.2 Å². The van der Waals surface area contributed by atoms with E-state index >= 15 is 0 Å². The molecule has 1 N–H and O–H groups in total. The van der Waals surface area contributed by atoms with E-state index in [-0.39, 0.29) is 24.3 Å². The molecule has 1 aromatic heterocycles. The molecule has 1 aromatic rings. The van der Waals surface area contributed by atoms with Crippen LogP contribution >= 0.6 is 0 Å². The number of likely N-dealkylation sites (tertiary alicyclic amines) is 1. The largest absolute Gasteiger partial charge is 0.448 e. The fourth-order valence-corrected chi connectivity index (χ4v) is 3.50. The van der Waals surface area contributed by atoms with E-state index in [2.05, 4.69) is 29.0 Å². The molecule has 1 amide bonds. The van der Waals surface area contributed by atoms with Crippen LogP contribution in [0.2, 0.25) is 0 Å². The van der Waals surface area contributed by atoms with Crippen molar-refractivity contribution in [2.24, 2.45) is 5.92 Å². The van der Waals surface area contributed by atoms with Crippen LogP contribution in [0.5, 0.6) is 0 Å². The topological polar surface area (TPSA) is 67.6 Å². The lowest BCUT2D eigenvalue weighted by atomic mass is 9.92. The fourth-order valence-electron chi connectivity index (χ4n) is 3.50. The molecule has 7 heteroatoms. The van der Waals surface area contributed by atoms with Crippen LogP contribution in [0.15, 0.2) is 10.8 Å². The summed E-state index contributed by atoms with van der Waals surface area (Å²) in [4.78, 5) is 18.5. The average Bonchev–Trinajstić information content (AvgIpc) is 3.26. The summed E-state index contributed by atoms with van der Waals surface area (Å²) < 4.78 is 25.6. The van der Waals surface area contributed by atoms with Crippen molar-refractivity contribution in [1.29, 1.82) is 0 Å². The van der Waals surface area contributed by atoms with Gasteiger partial charge < -0.3 is 14.5 Å². The maximum absolute atomic E-state index is 15.0. The molecule has 1 unspecified atom stereocenters. The number of alkyl halides is 1. The fraction of sp³-hybridized carbons (Fsp3) is 0.778. The summed E-state index contributed by atoms with van der Waals surface area (Å²) in [6, 6.07) is 0. The Morgan fingerprint density at radius 3 is 2.88 bits per heavy atom. The molecule has 0 saturated carbocycles. The van der Waals surface area contributed by atoms with E-state index in [1.807, 2.05) is 0 Å². The molecular formula is C18H28FN3O3. The average molecular weight is 353 g/mol. The summed E-state index contributed by atoms with van der Waals surface area (Å²) in [7, 11) is 0. The minimum absolute atomic E-state index is 0.0823. The van der Waals surface area contributed by atoms with Crippen LogP contribution in [0.25, 0.3) is 0 Å². The van der Waals surface area contributed by atoms with Crippen LogP contribution < -0.4 is 5.32 Å². The number of piperidine rings is 1. The van der Waals surface area contributed by atoms with Crippen LogP contribution in [-0.2, 0) is 16.1 Å². The molecule has 25 heavy (non-hydrogen) atoms. The third-order valence-corrected chi connectivity index (χ3v) is 5.20. The van der Waals surface area contributed by atoms with Gasteiger partial charge >= 0.3 is 0 Å². The van der Waals surface area contributed by atoms with Crippen LogP contribution in [0.3, 0.4) is 0 Å². The van der Waals surface area contributed by atoms with Gasteiger partial charge in [0.15, 0.2) is 6.39 Å². The molecule has 3 heterocycles. The molecule has 2 aliphatic heterocycles. The standard InChI is InChI=1S/C18H28FN3O3/c1-13(2)16-15(21-12-25-16)9-22-6-4-18(19,5-7-22)11-20-17(23)14-3-8-24-10-14/h12-14H,3-11H2,1-2H3,(H,20,23). The molecule has 2 aliphatic rings. The Bertz CT molecular complexity index is 576. The van der Waals surface area contributed by atoms with Gasteiger partial charge in [0.25, 0.3) is 0 Å². The number of amides is 1. The van der Waals surface area contributed by atoms with Gasteiger partial charge in [-0.05, 0) is 19.3 Å². The van der Waals surface area contributed by atoms with Crippen molar-refractivity contribution in [2.45, 2.75) is 51.2 Å². The SMILES string of the molecule is CC(C)c1ocnc1CN1CCC(F)(CNC(=O)C2CCOC2)CC1. The third kappa shape index (κ3) is 4.58. The Hall–Kier alpha value is -1.47. The molecule has 6 nitrogen and oxygen atoms in total. The zero-order chi connectivity index (χ0) is 17.9. The van der Waals surface area contributed by atoms with Gasteiger partial charge in [0.1, 0.15) is 11.4 Å². The number of aromatic nitrogens is 1.